The van der Waals surface area contributed by atoms with Crippen molar-refractivity contribution >= 4 is 24.2 Å². The number of methoxy groups -OCH3 is 2. The van der Waals surface area contributed by atoms with Crippen LogP contribution in [0.2, 0.25) is 0 Å². The molecule has 1 atom stereocenters. The van der Waals surface area contributed by atoms with Gasteiger partial charge in [0.2, 0.25) is 5.91 Å². The van der Waals surface area contributed by atoms with Crippen LogP contribution in [0.3, 0.4) is 0 Å². The minimum atomic E-state index is -0.303. The first-order valence-corrected chi connectivity index (χ1v) is 13.9. The monoisotopic (exact) mass is 604 g/mol. The maximum absolute atomic E-state index is 14.5. The van der Waals surface area contributed by atoms with Gasteiger partial charge < -0.3 is 29.1 Å². The number of halogens is 1. The van der Waals surface area contributed by atoms with Crippen LogP contribution < -0.4 is 25.1 Å². The van der Waals surface area contributed by atoms with Crippen LogP contribution >= 0.6 is 12.4 Å². The molecule has 226 valence electrons. The second kappa shape index (κ2) is 14.1. The number of nitrogens with zero attached hydrogens (tertiary/aromatic N) is 2. The average Bonchev–Trinajstić information content (AvgIpc) is 3.36. The van der Waals surface area contributed by atoms with Crippen LogP contribution in [0.5, 0.6) is 17.2 Å². The zero-order valence-electron chi connectivity index (χ0n) is 24.8. The highest BCUT2D eigenvalue weighted by atomic mass is 35.5. The summed E-state index contributed by atoms with van der Waals surface area (Å²) >= 11 is 0. The average molecular weight is 605 g/mol. The molecule has 9 nitrogen and oxygen atoms in total. The smallest absolute Gasteiger partial charge is 0.256 e. The Morgan fingerprint density at radius 1 is 0.977 bits per heavy atom. The summed E-state index contributed by atoms with van der Waals surface area (Å²) < 4.78 is 13.4. The Morgan fingerprint density at radius 2 is 1.72 bits per heavy atom. The molecule has 0 aliphatic carbocycles. The second-order valence-electron chi connectivity index (χ2n) is 10.2. The second-order valence-corrected chi connectivity index (χ2v) is 10.2. The number of hydroxylamine groups is 1. The third-order valence-electron chi connectivity index (χ3n) is 7.40. The van der Waals surface area contributed by atoms with Gasteiger partial charge in [-0.25, -0.2) is 0 Å². The molecule has 0 radical (unpaired) electrons. The predicted molar refractivity (Wildman–Crippen MR) is 169 cm³/mol. The molecule has 1 aliphatic heterocycles. The Hall–Kier alpha value is -4.47. The third kappa shape index (κ3) is 6.79. The highest BCUT2D eigenvalue weighted by Crippen LogP contribution is 2.39. The van der Waals surface area contributed by atoms with Crippen LogP contribution in [0.15, 0.2) is 78.9 Å². The fraction of sp³-hybridized carbons (Fsp3) is 0.273. The minimum Gasteiger partial charge on any atom is -0.493 e. The Labute approximate surface area is 258 Å². The molecule has 0 unspecified atom stereocenters. The van der Waals surface area contributed by atoms with Crippen molar-refractivity contribution in [1.29, 1.82) is 0 Å². The number of para-hydroxylation sites is 1. The zero-order chi connectivity index (χ0) is 29.6. The van der Waals surface area contributed by atoms with Crippen molar-refractivity contribution in [1.82, 2.24) is 20.3 Å². The molecule has 2 amide bonds. The molecule has 4 aromatic rings. The first kappa shape index (κ1) is 31.5. The van der Waals surface area contributed by atoms with E-state index in [1.807, 2.05) is 71.0 Å². The van der Waals surface area contributed by atoms with E-state index >= 15 is 0 Å². The van der Waals surface area contributed by atoms with Gasteiger partial charge in [0, 0.05) is 38.3 Å². The molecular formula is C33H37ClN4O5. The van der Waals surface area contributed by atoms with Crippen molar-refractivity contribution in [3.8, 4) is 34.2 Å². The van der Waals surface area contributed by atoms with E-state index in [1.165, 1.54) is 12.5 Å². The van der Waals surface area contributed by atoms with E-state index in [4.69, 9.17) is 14.3 Å². The van der Waals surface area contributed by atoms with Gasteiger partial charge in [0.05, 0.1) is 31.2 Å². The van der Waals surface area contributed by atoms with Crippen molar-refractivity contribution < 1.29 is 23.9 Å². The van der Waals surface area contributed by atoms with E-state index in [1.54, 1.807) is 26.4 Å². The van der Waals surface area contributed by atoms with Gasteiger partial charge in [-0.2, -0.15) is 5.48 Å². The lowest BCUT2D eigenvalue weighted by molar-refractivity contribution is -0.125. The molecule has 1 fully saturated rings. The van der Waals surface area contributed by atoms with Gasteiger partial charge >= 0.3 is 0 Å². The molecule has 2 heterocycles. The van der Waals surface area contributed by atoms with Crippen molar-refractivity contribution in [3.63, 3.8) is 0 Å². The van der Waals surface area contributed by atoms with Crippen molar-refractivity contribution in [2.24, 2.45) is 0 Å². The highest BCUT2D eigenvalue weighted by Gasteiger charge is 2.32. The summed E-state index contributed by atoms with van der Waals surface area (Å²) in [7, 11) is 3.21. The molecular weight excluding hydrogens is 568 g/mol. The molecule has 0 spiro atoms. The minimum absolute atomic E-state index is 0. The van der Waals surface area contributed by atoms with Gasteiger partial charge in [0.25, 0.3) is 5.91 Å². The number of ether oxygens (including phenoxy) is 2. The zero-order valence-corrected chi connectivity index (χ0v) is 25.6. The predicted octanol–water partition coefficient (Wildman–Crippen LogP) is 4.98. The lowest BCUT2D eigenvalue weighted by atomic mass is 10.0. The van der Waals surface area contributed by atoms with Crippen LogP contribution in [-0.2, 0) is 11.2 Å². The van der Waals surface area contributed by atoms with E-state index in [-0.39, 0.29) is 30.3 Å². The quantitative estimate of drug-likeness (QED) is 0.262. The highest BCUT2D eigenvalue weighted by molar-refractivity contribution is 6.01. The van der Waals surface area contributed by atoms with E-state index in [0.29, 0.717) is 35.9 Å². The number of rotatable bonds is 9. The molecule has 1 saturated heterocycles. The molecule has 2 N–H and O–H groups in total. The molecule has 5 rings (SSSR count). The summed E-state index contributed by atoms with van der Waals surface area (Å²) in [6.45, 7) is 5.41. The summed E-state index contributed by atoms with van der Waals surface area (Å²) in [6, 6.07) is 25.2. The lowest BCUT2D eigenvalue weighted by Crippen LogP contribution is -2.54. The fourth-order valence-corrected chi connectivity index (χ4v) is 5.51. The maximum atomic E-state index is 14.5. The Bertz CT molecular complexity index is 1560. The number of benzene rings is 3. The van der Waals surface area contributed by atoms with Crippen LogP contribution in [-0.4, -0.2) is 61.2 Å². The first-order valence-electron chi connectivity index (χ1n) is 13.9. The van der Waals surface area contributed by atoms with Crippen molar-refractivity contribution in [2.45, 2.75) is 26.3 Å². The van der Waals surface area contributed by atoms with Gasteiger partial charge in [0.15, 0.2) is 17.2 Å². The maximum Gasteiger partial charge on any atom is 0.256 e. The number of piperazine rings is 1. The normalized spacial score (nSPS) is 14.4. The van der Waals surface area contributed by atoms with Gasteiger partial charge in [-0.15, -0.1) is 12.4 Å². The number of carbonyl (C=O) groups is 2. The van der Waals surface area contributed by atoms with Gasteiger partial charge in [-0.05, 0) is 66.9 Å². The third-order valence-corrected chi connectivity index (χ3v) is 7.40. The van der Waals surface area contributed by atoms with Crippen LogP contribution in [0.25, 0.3) is 16.9 Å². The number of hydrogen-bond donors (Lipinski definition) is 2. The van der Waals surface area contributed by atoms with E-state index in [2.05, 4.69) is 22.9 Å². The van der Waals surface area contributed by atoms with Crippen molar-refractivity contribution in [3.05, 3.63) is 95.7 Å². The van der Waals surface area contributed by atoms with Crippen LogP contribution in [0, 0.1) is 6.92 Å². The largest absolute Gasteiger partial charge is 0.493 e. The molecule has 0 bridgehead atoms. The molecule has 0 saturated carbocycles. The lowest BCUT2D eigenvalue weighted by Gasteiger charge is -2.36. The Balaban J connectivity index is 0.00000423. The number of aryl methyl sites for hydroxylation is 1. The standard InChI is InChI=1S/C33H36N4O5.ClH/c1-22-19-28(33(39)36-18-17-34-21-26(36)20-24-9-6-5-7-10-24)31(25-13-15-27(16-14-25)42-35-23(2)38)37(22)29-11-8-12-30(40-3)32(29)41-4;/h5-16,19,26,34H,17-18,20-21H2,1-4H3,(H,35,38);1H/t26-;/m1./s1. The fourth-order valence-electron chi connectivity index (χ4n) is 5.51. The molecule has 1 aliphatic rings. The number of carbonyl (C=O) groups excluding carboxylic acids is 2. The molecule has 43 heavy (non-hydrogen) atoms. The Kier molecular flexibility index (Phi) is 10.3. The van der Waals surface area contributed by atoms with E-state index in [9.17, 15) is 9.59 Å². The summed E-state index contributed by atoms with van der Waals surface area (Å²) in [5, 5.41) is 3.46. The number of nitrogens with one attached hydrogen (secondary N) is 2. The van der Waals surface area contributed by atoms with Gasteiger partial charge in [0.1, 0.15) is 0 Å². The number of amides is 2. The van der Waals surface area contributed by atoms with E-state index in [0.717, 1.165) is 35.6 Å². The summed E-state index contributed by atoms with van der Waals surface area (Å²) in [4.78, 5) is 33.1. The first-order chi connectivity index (χ1) is 20.4. The Morgan fingerprint density at radius 3 is 2.40 bits per heavy atom. The van der Waals surface area contributed by atoms with E-state index < -0.39 is 0 Å². The number of hydrogen-bond acceptors (Lipinski definition) is 6. The summed E-state index contributed by atoms with van der Waals surface area (Å²) in [6.07, 6.45) is 0.757. The van der Waals surface area contributed by atoms with Crippen molar-refractivity contribution in [2.75, 3.05) is 33.9 Å². The van der Waals surface area contributed by atoms with Gasteiger partial charge in [-0.1, -0.05) is 36.4 Å². The summed E-state index contributed by atoms with van der Waals surface area (Å²) in [5.41, 5.74) is 7.28. The summed E-state index contributed by atoms with van der Waals surface area (Å²) in [5.74, 6) is 1.29. The van der Waals surface area contributed by atoms with Gasteiger partial charge in [-0.3, -0.25) is 9.59 Å². The molecule has 10 heteroatoms. The van der Waals surface area contributed by atoms with Crippen LogP contribution in [0.4, 0.5) is 0 Å². The topological polar surface area (TPSA) is 94.1 Å². The number of aromatic nitrogens is 1. The van der Waals surface area contributed by atoms with Crippen LogP contribution in [0.1, 0.15) is 28.5 Å². The SMILES string of the molecule is COc1cccc(-n2c(C)cc(C(=O)N3CCNC[C@H]3Cc3ccccc3)c2-c2ccc(ONC(C)=O)cc2)c1OC.Cl. The molecule has 1 aromatic heterocycles. The molecule has 3 aromatic carbocycles.